The number of oxazole rings is 1. The lowest BCUT2D eigenvalue weighted by Crippen LogP contribution is -2.47. The molecule has 1 aliphatic heterocycles. The summed E-state index contributed by atoms with van der Waals surface area (Å²) in [5.74, 6) is 0.875. The number of rotatable bonds is 10. The van der Waals surface area contributed by atoms with Crippen LogP contribution >= 0.6 is 0 Å². The van der Waals surface area contributed by atoms with Crippen molar-refractivity contribution in [1.82, 2.24) is 9.88 Å². The van der Waals surface area contributed by atoms with Gasteiger partial charge in [0, 0.05) is 25.1 Å². The lowest BCUT2D eigenvalue weighted by molar-refractivity contribution is -0.145. The third-order valence-electron chi connectivity index (χ3n) is 6.79. The molecular formula is C30H36N2O6. The van der Waals surface area contributed by atoms with Crippen molar-refractivity contribution >= 4 is 12.1 Å². The van der Waals surface area contributed by atoms with E-state index in [1.807, 2.05) is 75.4 Å². The van der Waals surface area contributed by atoms with Gasteiger partial charge < -0.3 is 23.9 Å². The molecule has 2 heterocycles. The normalized spacial score (nSPS) is 17.4. The molecule has 0 radical (unpaired) electrons. The van der Waals surface area contributed by atoms with Crippen molar-refractivity contribution in [2.24, 2.45) is 17.8 Å². The molecule has 8 nitrogen and oxygen atoms in total. The van der Waals surface area contributed by atoms with Crippen LogP contribution in [0, 0.1) is 24.7 Å². The van der Waals surface area contributed by atoms with E-state index < -0.39 is 11.9 Å². The Morgan fingerprint density at radius 1 is 1.13 bits per heavy atom. The van der Waals surface area contributed by atoms with Crippen molar-refractivity contribution in [2.45, 2.75) is 40.0 Å². The van der Waals surface area contributed by atoms with Crippen molar-refractivity contribution in [2.75, 3.05) is 26.3 Å². The minimum absolute atomic E-state index is 0.187. The number of carbonyl (C=O) groups excluding carboxylic acids is 1. The highest BCUT2D eigenvalue weighted by Gasteiger charge is 2.36. The second-order valence-corrected chi connectivity index (χ2v) is 10.2. The number of carboxylic acid groups (broad SMARTS) is 1. The zero-order valence-electron chi connectivity index (χ0n) is 22.3. The molecule has 38 heavy (non-hydrogen) atoms. The number of aromatic nitrogens is 1. The summed E-state index contributed by atoms with van der Waals surface area (Å²) in [4.78, 5) is 30.6. The Kier molecular flexibility index (Phi) is 9.05. The first-order valence-corrected chi connectivity index (χ1v) is 13.2. The number of amides is 1. The molecule has 1 fully saturated rings. The number of ether oxygens (including phenoxy) is 2. The summed E-state index contributed by atoms with van der Waals surface area (Å²) in [6, 6.07) is 17.5. The first kappa shape index (κ1) is 27.2. The summed E-state index contributed by atoms with van der Waals surface area (Å²) in [5, 5.41) is 9.74. The number of hydrogen-bond donors (Lipinski definition) is 1. The highest BCUT2D eigenvalue weighted by atomic mass is 16.6. The van der Waals surface area contributed by atoms with Gasteiger partial charge in [0.25, 0.3) is 0 Å². The first-order chi connectivity index (χ1) is 18.3. The van der Waals surface area contributed by atoms with Crippen molar-refractivity contribution in [3.05, 3.63) is 71.6 Å². The van der Waals surface area contributed by atoms with Gasteiger partial charge in [-0.25, -0.2) is 9.78 Å². The van der Waals surface area contributed by atoms with Crippen molar-refractivity contribution in [1.29, 1.82) is 0 Å². The predicted molar refractivity (Wildman–Crippen MR) is 143 cm³/mol. The van der Waals surface area contributed by atoms with Crippen LogP contribution in [-0.4, -0.2) is 53.4 Å². The second-order valence-electron chi connectivity index (χ2n) is 10.2. The topological polar surface area (TPSA) is 102 Å². The fourth-order valence-electron chi connectivity index (χ4n) is 4.71. The number of benzene rings is 2. The number of carboxylic acids is 1. The molecule has 1 saturated heterocycles. The van der Waals surface area contributed by atoms with Crippen LogP contribution in [-0.2, 0) is 22.4 Å². The molecule has 3 aromatic rings. The standard InChI is InChI=1S/C30H36N2O6/c1-20(2)19-37-30(35)32-15-13-26(29(33)34)24(18-32)17-22-9-11-25(12-10-22)36-16-14-27-21(3)38-28(31-27)23-7-5-4-6-8-23/h4-12,20,24,26H,13-19H2,1-3H3,(H,33,34)/t24-,26?/m1/s1. The summed E-state index contributed by atoms with van der Waals surface area (Å²) in [6.45, 7) is 7.45. The van der Waals surface area contributed by atoms with Crippen LogP contribution in [0.3, 0.4) is 0 Å². The molecule has 1 aromatic heterocycles. The minimum atomic E-state index is -0.816. The molecule has 0 saturated carbocycles. The maximum Gasteiger partial charge on any atom is 0.409 e. The predicted octanol–water partition coefficient (Wildman–Crippen LogP) is 5.63. The minimum Gasteiger partial charge on any atom is -0.493 e. The molecule has 8 heteroatoms. The molecule has 0 aliphatic carbocycles. The van der Waals surface area contributed by atoms with Crippen LogP contribution in [0.15, 0.2) is 59.0 Å². The number of nitrogens with zero attached hydrogens (tertiary/aromatic N) is 2. The van der Waals surface area contributed by atoms with Gasteiger partial charge in [-0.3, -0.25) is 4.79 Å². The SMILES string of the molecule is Cc1oc(-c2ccccc2)nc1CCOc1ccc(C[C@@H]2CN(C(=O)OCC(C)C)CCC2C(=O)O)cc1. The van der Waals surface area contributed by atoms with E-state index in [0.717, 1.165) is 28.3 Å². The molecule has 202 valence electrons. The third-order valence-corrected chi connectivity index (χ3v) is 6.79. The third kappa shape index (κ3) is 7.15. The molecule has 0 spiro atoms. The Balaban J connectivity index is 1.31. The van der Waals surface area contributed by atoms with Crippen LogP contribution in [0.5, 0.6) is 5.75 Å². The van der Waals surface area contributed by atoms with Crippen LogP contribution in [0.25, 0.3) is 11.5 Å². The van der Waals surface area contributed by atoms with Crippen LogP contribution in [0.1, 0.15) is 37.3 Å². The van der Waals surface area contributed by atoms with E-state index in [-0.39, 0.29) is 17.9 Å². The van der Waals surface area contributed by atoms with Gasteiger partial charge in [0.1, 0.15) is 11.5 Å². The van der Waals surface area contributed by atoms with E-state index >= 15 is 0 Å². The summed E-state index contributed by atoms with van der Waals surface area (Å²) in [7, 11) is 0. The molecule has 1 unspecified atom stereocenters. The monoisotopic (exact) mass is 520 g/mol. The van der Waals surface area contributed by atoms with Crippen molar-refractivity contribution in [3.63, 3.8) is 0 Å². The van der Waals surface area contributed by atoms with Crippen molar-refractivity contribution < 1.29 is 28.6 Å². The Hall–Kier alpha value is -3.81. The van der Waals surface area contributed by atoms with E-state index in [1.165, 1.54) is 0 Å². The lowest BCUT2D eigenvalue weighted by atomic mass is 9.81. The Morgan fingerprint density at radius 2 is 1.87 bits per heavy atom. The zero-order chi connectivity index (χ0) is 27.1. The Morgan fingerprint density at radius 3 is 2.55 bits per heavy atom. The number of piperidine rings is 1. The lowest BCUT2D eigenvalue weighted by Gasteiger charge is -2.36. The maximum atomic E-state index is 12.4. The molecule has 2 aromatic carbocycles. The summed E-state index contributed by atoms with van der Waals surface area (Å²) >= 11 is 0. The van der Waals surface area contributed by atoms with Gasteiger partial charge in [-0.1, -0.05) is 44.2 Å². The summed E-state index contributed by atoms with van der Waals surface area (Å²) in [6.07, 6.45) is 1.24. The quantitative estimate of drug-likeness (QED) is 0.370. The molecule has 2 atom stereocenters. The summed E-state index contributed by atoms with van der Waals surface area (Å²) in [5.41, 5.74) is 2.82. The average molecular weight is 521 g/mol. The summed E-state index contributed by atoms with van der Waals surface area (Å²) < 4.78 is 17.1. The largest absolute Gasteiger partial charge is 0.493 e. The molecule has 1 amide bonds. The van der Waals surface area contributed by atoms with Crippen LogP contribution in [0.2, 0.25) is 0 Å². The van der Waals surface area contributed by atoms with Gasteiger partial charge >= 0.3 is 12.1 Å². The number of hydrogen-bond acceptors (Lipinski definition) is 6. The van der Waals surface area contributed by atoms with Gasteiger partial charge in [-0.15, -0.1) is 0 Å². The van der Waals surface area contributed by atoms with E-state index in [9.17, 15) is 14.7 Å². The Labute approximate surface area is 223 Å². The number of aryl methyl sites for hydroxylation is 1. The highest BCUT2D eigenvalue weighted by molar-refractivity contribution is 5.72. The van der Waals surface area contributed by atoms with E-state index in [4.69, 9.17) is 13.9 Å². The highest BCUT2D eigenvalue weighted by Crippen LogP contribution is 2.29. The van der Waals surface area contributed by atoms with Gasteiger partial charge in [0.05, 0.1) is 24.8 Å². The van der Waals surface area contributed by atoms with E-state index in [0.29, 0.717) is 51.5 Å². The van der Waals surface area contributed by atoms with Crippen LogP contribution in [0.4, 0.5) is 4.79 Å². The molecule has 4 rings (SSSR count). The average Bonchev–Trinajstić information content (AvgIpc) is 3.28. The number of likely N-dealkylation sites (tertiary alicyclic amines) is 1. The molecule has 0 bridgehead atoms. The van der Waals surface area contributed by atoms with E-state index in [2.05, 4.69) is 4.98 Å². The van der Waals surface area contributed by atoms with Gasteiger partial charge in [0.15, 0.2) is 0 Å². The maximum absolute atomic E-state index is 12.4. The molecule has 1 N–H and O–H groups in total. The van der Waals surface area contributed by atoms with Gasteiger partial charge in [0.2, 0.25) is 5.89 Å². The van der Waals surface area contributed by atoms with Crippen molar-refractivity contribution in [3.8, 4) is 17.2 Å². The number of carbonyl (C=O) groups is 2. The fourth-order valence-corrected chi connectivity index (χ4v) is 4.71. The zero-order valence-corrected chi connectivity index (χ0v) is 22.3. The van der Waals surface area contributed by atoms with Gasteiger partial charge in [-0.2, -0.15) is 0 Å². The smallest absolute Gasteiger partial charge is 0.409 e. The van der Waals surface area contributed by atoms with Crippen LogP contribution < -0.4 is 4.74 Å². The molecular weight excluding hydrogens is 484 g/mol. The fraction of sp³-hybridized carbons (Fsp3) is 0.433. The first-order valence-electron chi connectivity index (χ1n) is 13.2. The second kappa shape index (κ2) is 12.6. The Bertz CT molecular complexity index is 1210. The number of aliphatic carboxylic acids is 1. The van der Waals surface area contributed by atoms with E-state index in [1.54, 1.807) is 4.90 Å². The van der Waals surface area contributed by atoms with Gasteiger partial charge in [-0.05, 0) is 61.4 Å². The molecule has 1 aliphatic rings.